The lowest BCUT2D eigenvalue weighted by molar-refractivity contribution is -0.145. The maximum Gasteiger partial charge on any atom is 0.314 e. The minimum absolute atomic E-state index is 0.319. The van der Waals surface area contributed by atoms with Crippen molar-refractivity contribution in [3.05, 3.63) is 29.3 Å². The summed E-state index contributed by atoms with van der Waals surface area (Å²) in [5, 5.41) is 9.84. The Balaban J connectivity index is 2.59. The van der Waals surface area contributed by atoms with E-state index >= 15 is 0 Å². The number of carboxylic acids is 1. The van der Waals surface area contributed by atoms with E-state index in [9.17, 15) is 9.90 Å². The van der Waals surface area contributed by atoms with Gasteiger partial charge >= 0.3 is 5.97 Å². The van der Waals surface area contributed by atoms with Gasteiger partial charge in [0.05, 0.1) is 12.5 Å². The van der Waals surface area contributed by atoms with Crippen molar-refractivity contribution in [2.45, 2.75) is 57.3 Å². The molecule has 1 aromatic rings. The van der Waals surface area contributed by atoms with E-state index in [-0.39, 0.29) is 0 Å². The van der Waals surface area contributed by atoms with E-state index in [2.05, 4.69) is 13.8 Å². The highest BCUT2D eigenvalue weighted by atomic mass is 16.5. The minimum Gasteiger partial charge on any atom is -0.496 e. The molecule has 2 rings (SSSR count). The van der Waals surface area contributed by atoms with Crippen LogP contribution in [0.2, 0.25) is 0 Å². The molecule has 0 aromatic heterocycles. The van der Waals surface area contributed by atoms with E-state index in [1.807, 2.05) is 18.2 Å². The van der Waals surface area contributed by atoms with Gasteiger partial charge < -0.3 is 9.84 Å². The maximum absolute atomic E-state index is 12.0. The van der Waals surface area contributed by atoms with Crippen molar-refractivity contribution >= 4 is 5.97 Å². The smallest absolute Gasteiger partial charge is 0.314 e. The summed E-state index contributed by atoms with van der Waals surface area (Å²) < 4.78 is 5.60. The van der Waals surface area contributed by atoms with Crippen LogP contribution in [0.3, 0.4) is 0 Å². The monoisotopic (exact) mass is 276 g/mol. The summed E-state index contributed by atoms with van der Waals surface area (Å²) >= 11 is 0. The van der Waals surface area contributed by atoms with Crippen LogP contribution < -0.4 is 4.74 Å². The lowest BCUT2D eigenvalue weighted by Gasteiger charge is -2.35. The molecule has 1 aliphatic carbocycles. The Kier molecular flexibility index (Phi) is 4.36. The lowest BCUT2D eigenvalue weighted by Crippen LogP contribution is -2.38. The molecule has 0 spiro atoms. The molecular formula is C17H24O3. The van der Waals surface area contributed by atoms with Gasteiger partial charge in [-0.15, -0.1) is 0 Å². The van der Waals surface area contributed by atoms with Gasteiger partial charge in [0.2, 0.25) is 0 Å². The molecule has 1 aromatic carbocycles. The van der Waals surface area contributed by atoms with Gasteiger partial charge in [-0.05, 0) is 24.3 Å². The fraction of sp³-hybridized carbons (Fsp3) is 0.588. The van der Waals surface area contributed by atoms with Crippen LogP contribution in [0.15, 0.2) is 18.2 Å². The van der Waals surface area contributed by atoms with E-state index < -0.39 is 11.4 Å². The van der Waals surface area contributed by atoms with Crippen LogP contribution in [0, 0.1) is 0 Å². The van der Waals surface area contributed by atoms with E-state index in [4.69, 9.17) is 4.74 Å². The van der Waals surface area contributed by atoms with Crippen LogP contribution in [-0.2, 0) is 10.2 Å². The zero-order valence-electron chi connectivity index (χ0n) is 12.6. The van der Waals surface area contributed by atoms with Crippen LogP contribution in [0.1, 0.15) is 63.0 Å². The Morgan fingerprint density at radius 3 is 2.40 bits per heavy atom. The largest absolute Gasteiger partial charge is 0.496 e. The van der Waals surface area contributed by atoms with Gasteiger partial charge in [0.15, 0.2) is 0 Å². The molecule has 20 heavy (non-hydrogen) atoms. The molecule has 1 fully saturated rings. The predicted octanol–water partition coefficient (Wildman–Crippen LogP) is 4.11. The first-order valence-corrected chi connectivity index (χ1v) is 7.43. The Morgan fingerprint density at radius 2 is 1.90 bits per heavy atom. The van der Waals surface area contributed by atoms with Crippen molar-refractivity contribution in [1.29, 1.82) is 0 Å². The molecule has 0 bridgehead atoms. The highest BCUT2D eigenvalue weighted by Crippen LogP contribution is 2.45. The molecule has 1 saturated carbocycles. The summed E-state index contributed by atoms with van der Waals surface area (Å²) in [5.74, 6) is 0.377. The van der Waals surface area contributed by atoms with Crippen molar-refractivity contribution in [1.82, 2.24) is 0 Å². The number of ether oxygens (including phenoxy) is 1. The van der Waals surface area contributed by atoms with Gasteiger partial charge in [0, 0.05) is 5.56 Å². The second-order valence-electron chi connectivity index (χ2n) is 6.03. The molecule has 0 unspecified atom stereocenters. The summed E-state index contributed by atoms with van der Waals surface area (Å²) in [5.41, 5.74) is 1.18. The Morgan fingerprint density at radius 1 is 1.25 bits per heavy atom. The zero-order chi connectivity index (χ0) is 14.8. The van der Waals surface area contributed by atoms with Crippen molar-refractivity contribution in [3.63, 3.8) is 0 Å². The fourth-order valence-electron chi connectivity index (χ4n) is 3.37. The molecule has 0 amide bonds. The summed E-state index contributed by atoms with van der Waals surface area (Å²) in [6, 6.07) is 5.93. The SMILES string of the molecule is COc1c(C(C)C)cccc1C1(C(=O)O)CCCCC1. The first-order valence-electron chi connectivity index (χ1n) is 7.43. The first kappa shape index (κ1) is 14.9. The lowest BCUT2D eigenvalue weighted by atomic mass is 9.68. The maximum atomic E-state index is 12.0. The molecule has 0 radical (unpaired) electrons. The second kappa shape index (κ2) is 5.86. The Bertz CT molecular complexity index is 485. The third kappa shape index (κ3) is 2.41. The molecule has 0 atom stereocenters. The van der Waals surface area contributed by atoms with Gasteiger partial charge in [-0.2, -0.15) is 0 Å². The number of rotatable bonds is 4. The highest BCUT2D eigenvalue weighted by Gasteiger charge is 2.43. The van der Waals surface area contributed by atoms with E-state index in [1.165, 1.54) is 0 Å². The molecule has 1 N–H and O–H groups in total. The zero-order valence-corrected chi connectivity index (χ0v) is 12.6. The van der Waals surface area contributed by atoms with E-state index in [0.29, 0.717) is 18.8 Å². The number of carbonyl (C=O) groups is 1. The predicted molar refractivity (Wildman–Crippen MR) is 79.5 cm³/mol. The number of hydrogen-bond donors (Lipinski definition) is 1. The van der Waals surface area contributed by atoms with Crippen molar-refractivity contribution in [2.24, 2.45) is 0 Å². The molecule has 0 saturated heterocycles. The molecular weight excluding hydrogens is 252 g/mol. The van der Waals surface area contributed by atoms with Crippen LogP contribution in [0.4, 0.5) is 0 Å². The number of hydrogen-bond acceptors (Lipinski definition) is 2. The molecule has 1 aliphatic rings. The normalized spacial score (nSPS) is 18.0. The summed E-state index contributed by atoms with van der Waals surface area (Å²) in [6.45, 7) is 4.21. The topological polar surface area (TPSA) is 46.5 Å². The van der Waals surface area contributed by atoms with Crippen LogP contribution in [0.5, 0.6) is 5.75 Å². The van der Waals surface area contributed by atoms with Crippen LogP contribution >= 0.6 is 0 Å². The Labute approximate surface area is 121 Å². The Hall–Kier alpha value is -1.51. The van der Waals surface area contributed by atoms with Crippen LogP contribution in [0.25, 0.3) is 0 Å². The summed E-state index contributed by atoms with van der Waals surface area (Å²) in [6.07, 6.45) is 4.49. The summed E-state index contributed by atoms with van der Waals surface area (Å²) in [4.78, 5) is 12.0. The molecule has 0 heterocycles. The van der Waals surface area contributed by atoms with Gasteiger partial charge in [0.1, 0.15) is 5.75 Å². The summed E-state index contributed by atoms with van der Waals surface area (Å²) in [7, 11) is 1.64. The molecule has 3 nitrogen and oxygen atoms in total. The molecule has 0 aliphatic heterocycles. The molecule has 3 heteroatoms. The number of methoxy groups -OCH3 is 1. The fourth-order valence-corrected chi connectivity index (χ4v) is 3.37. The van der Waals surface area contributed by atoms with Crippen molar-refractivity contribution in [3.8, 4) is 5.75 Å². The average molecular weight is 276 g/mol. The van der Waals surface area contributed by atoms with E-state index in [0.717, 1.165) is 36.1 Å². The number of para-hydroxylation sites is 1. The third-order valence-electron chi connectivity index (χ3n) is 4.50. The quantitative estimate of drug-likeness (QED) is 0.900. The third-order valence-corrected chi connectivity index (χ3v) is 4.50. The standard InChI is InChI=1S/C17H24O3/c1-12(2)13-8-7-9-14(15(13)20-3)17(16(18)19)10-5-4-6-11-17/h7-9,12H,4-6,10-11H2,1-3H3,(H,18,19). The highest BCUT2D eigenvalue weighted by molar-refractivity contribution is 5.83. The van der Waals surface area contributed by atoms with Crippen molar-refractivity contribution < 1.29 is 14.6 Å². The van der Waals surface area contributed by atoms with E-state index in [1.54, 1.807) is 7.11 Å². The number of carboxylic acid groups (broad SMARTS) is 1. The van der Waals surface area contributed by atoms with Gasteiger partial charge in [-0.25, -0.2) is 0 Å². The molecule has 110 valence electrons. The minimum atomic E-state index is -0.769. The average Bonchev–Trinajstić information content (AvgIpc) is 2.46. The van der Waals surface area contributed by atoms with Crippen molar-refractivity contribution in [2.75, 3.05) is 7.11 Å². The van der Waals surface area contributed by atoms with Crippen LogP contribution in [-0.4, -0.2) is 18.2 Å². The van der Waals surface area contributed by atoms with Gasteiger partial charge in [-0.3, -0.25) is 4.79 Å². The number of benzene rings is 1. The van der Waals surface area contributed by atoms with Gasteiger partial charge in [0.25, 0.3) is 0 Å². The second-order valence-corrected chi connectivity index (χ2v) is 6.03. The number of aliphatic carboxylic acids is 1. The van der Waals surface area contributed by atoms with Gasteiger partial charge in [-0.1, -0.05) is 51.3 Å². The first-order chi connectivity index (χ1) is 9.53.